The molecule has 0 bridgehead atoms. The molecule has 2 rings (SSSR count). The van der Waals surface area contributed by atoms with Gasteiger partial charge < -0.3 is 9.84 Å². The predicted molar refractivity (Wildman–Crippen MR) is 64.1 cm³/mol. The van der Waals surface area contributed by atoms with E-state index in [1.807, 2.05) is 13.8 Å². The lowest BCUT2D eigenvalue weighted by Crippen LogP contribution is -2.18. The van der Waals surface area contributed by atoms with E-state index >= 15 is 0 Å². The van der Waals surface area contributed by atoms with Gasteiger partial charge in [-0.25, -0.2) is 9.48 Å². The van der Waals surface area contributed by atoms with Gasteiger partial charge in [-0.15, -0.1) is 0 Å². The Morgan fingerprint density at radius 1 is 1.53 bits per heavy atom. The summed E-state index contributed by atoms with van der Waals surface area (Å²) in [6, 6.07) is 0. The van der Waals surface area contributed by atoms with Crippen LogP contribution in [-0.2, 0) is 4.74 Å². The normalized spacial score (nSPS) is 19.4. The third-order valence-electron chi connectivity index (χ3n) is 2.60. The Kier molecular flexibility index (Phi) is 5.15. The van der Waals surface area contributed by atoms with E-state index in [0.717, 1.165) is 25.9 Å². The number of aryl methyl sites for hydroxylation is 1. The van der Waals surface area contributed by atoms with Crippen molar-refractivity contribution >= 4 is 5.97 Å². The van der Waals surface area contributed by atoms with Gasteiger partial charge in [0.15, 0.2) is 0 Å². The van der Waals surface area contributed by atoms with E-state index in [-0.39, 0.29) is 11.8 Å². The van der Waals surface area contributed by atoms with Gasteiger partial charge >= 0.3 is 5.97 Å². The molecule has 1 aliphatic heterocycles. The van der Waals surface area contributed by atoms with Crippen LogP contribution in [0, 0.1) is 6.92 Å². The fraction of sp³-hybridized carbons (Fsp3) is 0.667. The summed E-state index contributed by atoms with van der Waals surface area (Å²) in [6.07, 6.45) is 4.54. The molecule has 1 fully saturated rings. The second-order valence-corrected chi connectivity index (χ2v) is 3.73. The first-order valence-corrected chi connectivity index (χ1v) is 6.09. The molecule has 0 saturated carbocycles. The van der Waals surface area contributed by atoms with E-state index in [1.165, 1.54) is 0 Å². The van der Waals surface area contributed by atoms with Crippen molar-refractivity contribution in [1.29, 1.82) is 0 Å². The van der Waals surface area contributed by atoms with Crippen LogP contribution in [0.15, 0.2) is 6.20 Å². The van der Waals surface area contributed by atoms with E-state index in [4.69, 9.17) is 9.84 Å². The van der Waals surface area contributed by atoms with Crippen LogP contribution < -0.4 is 0 Å². The number of aromatic nitrogens is 2. The van der Waals surface area contributed by atoms with Crippen LogP contribution in [0.2, 0.25) is 0 Å². The van der Waals surface area contributed by atoms with Gasteiger partial charge in [0, 0.05) is 12.8 Å². The van der Waals surface area contributed by atoms with Gasteiger partial charge in [0.25, 0.3) is 0 Å². The minimum atomic E-state index is -0.936. The Morgan fingerprint density at radius 2 is 2.24 bits per heavy atom. The third-order valence-corrected chi connectivity index (χ3v) is 2.60. The molecule has 0 aliphatic carbocycles. The van der Waals surface area contributed by atoms with E-state index < -0.39 is 5.97 Å². The standard InChI is InChI=1S/C10H14N2O3.C2H6/c1-7-8(10(13)14)6-12(11-7)9-4-2-3-5-15-9;1-2/h6,9H,2-5H2,1H3,(H,13,14);1-2H3. The van der Waals surface area contributed by atoms with Gasteiger partial charge in [0.1, 0.15) is 11.8 Å². The van der Waals surface area contributed by atoms with Crippen molar-refractivity contribution in [1.82, 2.24) is 9.78 Å². The topological polar surface area (TPSA) is 64.4 Å². The van der Waals surface area contributed by atoms with Gasteiger partial charge in [-0.3, -0.25) is 0 Å². The second-order valence-electron chi connectivity index (χ2n) is 3.73. The third kappa shape index (κ3) is 3.30. The number of rotatable bonds is 2. The highest BCUT2D eigenvalue weighted by Gasteiger charge is 2.19. The van der Waals surface area contributed by atoms with E-state index in [1.54, 1.807) is 17.8 Å². The number of aromatic carboxylic acids is 1. The Morgan fingerprint density at radius 3 is 2.71 bits per heavy atom. The quantitative estimate of drug-likeness (QED) is 0.863. The molecule has 1 aromatic heterocycles. The molecule has 0 spiro atoms. The molecule has 2 heterocycles. The summed E-state index contributed by atoms with van der Waals surface area (Å²) in [7, 11) is 0. The summed E-state index contributed by atoms with van der Waals surface area (Å²) in [5, 5.41) is 13.0. The minimum Gasteiger partial charge on any atom is -0.478 e. The second kappa shape index (κ2) is 6.39. The number of hydrogen-bond donors (Lipinski definition) is 1. The van der Waals surface area contributed by atoms with Gasteiger partial charge in [-0.2, -0.15) is 5.10 Å². The molecule has 0 radical (unpaired) electrons. The van der Waals surface area contributed by atoms with Crippen molar-refractivity contribution in [3.63, 3.8) is 0 Å². The lowest BCUT2D eigenvalue weighted by Gasteiger charge is -2.22. The largest absolute Gasteiger partial charge is 0.478 e. The van der Waals surface area contributed by atoms with Crippen LogP contribution in [0.5, 0.6) is 0 Å². The van der Waals surface area contributed by atoms with Crippen LogP contribution in [0.4, 0.5) is 0 Å². The smallest absolute Gasteiger partial charge is 0.339 e. The molecular weight excluding hydrogens is 220 g/mol. The molecule has 1 atom stereocenters. The molecular formula is C12H20N2O3. The number of carboxylic acid groups (broad SMARTS) is 1. The zero-order chi connectivity index (χ0) is 12.8. The molecule has 1 unspecified atom stereocenters. The number of carbonyl (C=O) groups is 1. The zero-order valence-electron chi connectivity index (χ0n) is 10.6. The number of nitrogens with zero attached hydrogens (tertiary/aromatic N) is 2. The summed E-state index contributed by atoms with van der Waals surface area (Å²) in [6.45, 7) is 6.43. The number of hydrogen-bond acceptors (Lipinski definition) is 3. The summed E-state index contributed by atoms with van der Waals surface area (Å²) < 4.78 is 7.14. The van der Waals surface area contributed by atoms with Crippen molar-refractivity contribution < 1.29 is 14.6 Å². The maximum absolute atomic E-state index is 10.8. The molecule has 1 saturated heterocycles. The predicted octanol–water partition coefficient (Wildman–Crippen LogP) is 2.62. The highest BCUT2D eigenvalue weighted by molar-refractivity contribution is 5.88. The molecule has 5 heteroatoms. The van der Waals surface area contributed by atoms with Crippen LogP contribution in [0.1, 0.15) is 55.4 Å². The van der Waals surface area contributed by atoms with Crippen molar-refractivity contribution in [2.24, 2.45) is 0 Å². The van der Waals surface area contributed by atoms with Gasteiger partial charge in [-0.05, 0) is 26.2 Å². The lowest BCUT2D eigenvalue weighted by molar-refractivity contribution is -0.0396. The monoisotopic (exact) mass is 240 g/mol. The molecule has 1 aliphatic rings. The van der Waals surface area contributed by atoms with E-state index in [0.29, 0.717) is 5.69 Å². The summed E-state index contributed by atoms with van der Waals surface area (Å²) in [5.74, 6) is -0.936. The summed E-state index contributed by atoms with van der Waals surface area (Å²) >= 11 is 0. The maximum atomic E-state index is 10.8. The van der Waals surface area contributed by atoms with Crippen LogP contribution in [-0.4, -0.2) is 27.5 Å². The Balaban J connectivity index is 0.000000686. The fourth-order valence-corrected chi connectivity index (χ4v) is 1.77. The van der Waals surface area contributed by atoms with Crippen molar-refractivity contribution in [3.8, 4) is 0 Å². The first kappa shape index (κ1) is 13.7. The van der Waals surface area contributed by atoms with Gasteiger partial charge in [-0.1, -0.05) is 13.8 Å². The number of ether oxygens (including phenoxy) is 1. The minimum absolute atomic E-state index is 0.0921. The van der Waals surface area contributed by atoms with Gasteiger partial charge in [0.05, 0.1) is 5.69 Å². The maximum Gasteiger partial charge on any atom is 0.339 e. The average Bonchev–Trinajstić information content (AvgIpc) is 2.75. The summed E-state index contributed by atoms with van der Waals surface area (Å²) in [5.41, 5.74) is 0.792. The van der Waals surface area contributed by atoms with Crippen LogP contribution in [0.3, 0.4) is 0 Å². The zero-order valence-corrected chi connectivity index (χ0v) is 10.6. The highest BCUT2D eigenvalue weighted by atomic mass is 16.5. The fourth-order valence-electron chi connectivity index (χ4n) is 1.77. The van der Waals surface area contributed by atoms with Crippen molar-refractivity contribution in [3.05, 3.63) is 17.5 Å². The Bertz CT molecular complexity index is 368. The highest BCUT2D eigenvalue weighted by Crippen LogP contribution is 2.22. The molecule has 17 heavy (non-hydrogen) atoms. The molecule has 0 amide bonds. The van der Waals surface area contributed by atoms with Crippen molar-refractivity contribution in [2.75, 3.05) is 6.61 Å². The average molecular weight is 240 g/mol. The first-order valence-electron chi connectivity index (χ1n) is 6.09. The van der Waals surface area contributed by atoms with Crippen LogP contribution in [0.25, 0.3) is 0 Å². The Labute approximate surface area is 101 Å². The summed E-state index contributed by atoms with van der Waals surface area (Å²) in [4.78, 5) is 10.8. The Hall–Kier alpha value is -1.36. The lowest BCUT2D eigenvalue weighted by atomic mass is 10.2. The first-order chi connectivity index (χ1) is 8.18. The SMILES string of the molecule is CC.Cc1nn(C2CCCCO2)cc1C(=O)O. The number of carboxylic acids is 1. The van der Waals surface area contributed by atoms with E-state index in [2.05, 4.69) is 5.10 Å². The molecule has 1 aromatic rings. The molecule has 1 N–H and O–H groups in total. The van der Waals surface area contributed by atoms with E-state index in [9.17, 15) is 4.79 Å². The molecule has 5 nitrogen and oxygen atoms in total. The van der Waals surface area contributed by atoms with Gasteiger partial charge in [0.2, 0.25) is 0 Å². The molecule has 96 valence electrons. The molecule has 0 aromatic carbocycles. The van der Waals surface area contributed by atoms with Crippen LogP contribution >= 0.6 is 0 Å². The van der Waals surface area contributed by atoms with Crippen molar-refractivity contribution in [2.45, 2.75) is 46.3 Å².